The Morgan fingerprint density at radius 3 is 2.41 bits per heavy atom. The third-order valence-electron chi connectivity index (χ3n) is 3.59. The fourth-order valence-corrected chi connectivity index (χ4v) is 2.34. The van der Waals surface area contributed by atoms with E-state index >= 15 is 0 Å². The van der Waals surface area contributed by atoms with Crippen LogP contribution in [0.4, 0.5) is 5.82 Å². The first kappa shape index (κ1) is 14.5. The molecule has 0 bridgehead atoms. The standard InChI is InChI=1S/C19H21N3/c1-13(2)12-20-19-16-6-4-5-7-17(16)21-18(22-19)15-10-8-14(3)9-11-15/h4-11,13H,12H2,1-3H3,(H,20,21,22). The third-order valence-corrected chi connectivity index (χ3v) is 3.59. The Bertz CT molecular complexity index is 776. The van der Waals surface area contributed by atoms with Gasteiger partial charge in [-0.2, -0.15) is 0 Å². The maximum absolute atomic E-state index is 4.75. The molecule has 0 aliphatic rings. The van der Waals surface area contributed by atoms with Crippen molar-refractivity contribution >= 4 is 16.7 Å². The molecule has 1 N–H and O–H groups in total. The molecular weight excluding hydrogens is 270 g/mol. The van der Waals surface area contributed by atoms with Crippen molar-refractivity contribution < 1.29 is 0 Å². The van der Waals surface area contributed by atoms with Crippen LogP contribution in [0, 0.1) is 12.8 Å². The summed E-state index contributed by atoms with van der Waals surface area (Å²) in [5, 5.41) is 4.53. The number of hydrogen-bond acceptors (Lipinski definition) is 3. The van der Waals surface area contributed by atoms with Gasteiger partial charge in [-0.15, -0.1) is 0 Å². The smallest absolute Gasteiger partial charge is 0.162 e. The van der Waals surface area contributed by atoms with Crippen LogP contribution in [-0.4, -0.2) is 16.5 Å². The number of hydrogen-bond donors (Lipinski definition) is 1. The molecule has 2 aromatic carbocycles. The van der Waals surface area contributed by atoms with E-state index in [9.17, 15) is 0 Å². The van der Waals surface area contributed by atoms with Crippen LogP contribution in [0.25, 0.3) is 22.3 Å². The molecule has 3 aromatic rings. The summed E-state index contributed by atoms with van der Waals surface area (Å²) >= 11 is 0. The highest BCUT2D eigenvalue weighted by Crippen LogP contribution is 2.25. The van der Waals surface area contributed by atoms with Crippen LogP contribution in [0.2, 0.25) is 0 Å². The predicted octanol–water partition coefficient (Wildman–Crippen LogP) is 4.67. The molecule has 3 rings (SSSR count). The Morgan fingerprint density at radius 2 is 1.68 bits per heavy atom. The number of rotatable bonds is 4. The maximum atomic E-state index is 4.75. The summed E-state index contributed by atoms with van der Waals surface area (Å²) in [6.45, 7) is 7.36. The lowest BCUT2D eigenvalue weighted by atomic mass is 10.1. The molecule has 0 atom stereocenters. The first-order chi connectivity index (χ1) is 10.6. The predicted molar refractivity (Wildman–Crippen MR) is 93.0 cm³/mol. The monoisotopic (exact) mass is 291 g/mol. The van der Waals surface area contributed by atoms with Crippen molar-refractivity contribution in [3.05, 3.63) is 54.1 Å². The number of nitrogens with zero attached hydrogens (tertiary/aromatic N) is 2. The molecule has 0 fully saturated rings. The van der Waals surface area contributed by atoms with Gasteiger partial charge in [0.25, 0.3) is 0 Å². The van der Waals surface area contributed by atoms with E-state index in [4.69, 9.17) is 9.97 Å². The number of benzene rings is 2. The van der Waals surface area contributed by atoms with Crippen molar-refractivity contribution in [3.8, 4) is 11.4 Å². The molecule has 0 radical (unpaired) electrons. The van der Waals surface area contributed by atoms with Gasteiger partial charge in [0.2, 0.25) is 0 Å². The highest BCUT2D eigenvalue weighted by atomic mass is 15.0. The third kappa shape index (κ3) is 3.08. The van der Waals surface area contributed by atoms with Crippen molar-refractivity contribution in [2.75, 3.05) is 11.9 Å². The molecule has 0 amide bonds. The summed E-state index contributed by atoms with van der Waals surface area (Å²) in [5.74, 6) is 2.25. The minimum Gasteiger partial charge on any atom is -0.369 e. The largest absolute Gasteiger partial charge is 0.369 e. The second-order valence-corrected chi connectivity index (χ2v) is 6.05. The number of fused-ring (bicyclic) bond motifs is 1. The Balaban J connectivity index is 2.09. The highest BCUT2D eigenvalue weighted by molar-refractivity contribution is 5.90. The Kier molecular flexibility index (Phi) is 4.05. The number of aryl methyl sites for hydroxylation is 1. The van der Waals surface area contributed by atoms with Gasteiger partial charge in [-0.05, 0) is 25.0 Å². The number of anilines is 1. The zero-order chi connectivity index (χ0) is 15.5. The summed E-state index contributed by atoms with van der Waals surface area (Å²) in [6.07, 6.45) is 0. The van der Waals surface area contributed by atoms with Crippen molar-refractivity contribution in [3.63, 3.8) is 0 Å². The van der Waals surface area contributed by atoms with Crippen molar-refractivity contribution in [2.45, 2.75) is 20.8 Å². The number of para-hydroxylation sites is 1. The SMILES string of the molecule is Cc1ccc(-c2nc(NCC(C)C)c3ccccc3n2)cc1. The van der Waals surface area contributed by atoms with E-state index in [-0.39, 0.29) is 0 Å². The van der Waals surface area contributed by atoms with E-state index in [1.165, 1.54) is 5.56 Å². The van der Waals surface area contributed by atoms with Gasteiger partial charge in [-0.1, -0.05) is 55.8 Å². The lowest BCUT2D eigenvalue weighted by molar-refractivity contribution is 0.687. The fourth-order valence-electron chi connectivity index (χ4n) is 2.34. The van der Waals surface area contributed by atoms with Gasteiger partial charge in [0.1, 0.15) is 5.82 Å². The fraction of sp³-hybridized carbons (Fsp3) is 0.263. The van der Waals surface area contributed by atoms with Crippen molar-refractivity contribution in [1.29, 1.82) is 0 Å². The average Bonchev–Trinajstić information content (AvgIpc) is 2.53. The Labute approximate surface area is 131 Å². The van der Waals surface area contributed by atoms with Crippen LogP contribution in [0.5, 0.6) is 0 Å². The van der Waals surface area contributed by atoms with Gasteiger partial charge in [0, 0.05) is 17.5 Å². The minimum absolute atomic E-state index is 0.566. The Hall–Kier alpha value is -2.42. The van der Waals surface area contributed by atoms with Gasteiger partial charge >= 0.3 is 0 Å². The van der Waals surface area contributed by atoms with Gasteiger partial charge in [-0.3, -0.25) is 0 Å². The zero-order valence-corrected chi connectivity index (χ0v) is 13.3. The quantitative estimate of drug-likeness (QED) is 0.759. The van der Waals surface area contributed by atoms with Crippen LogP contribution in [0.3, 0.4) is 0 Å². The van der Waals surface area contributed by atoms with E-state index in [0.29, 0.717) is 5.92 Å². The number of nitrogens with one attached hydrogen (secondary N) is 1. The lowest BCUT2D eigenvalue weighted by Crippen LogP contribution is -2.10. The molecule has 0 saturated heterocycles. The van der Waals surface area contributed by atoms with Crippen LogP contribution in [0.1, 0.15) is 19.4 Å². The van der Waals surface area contributed by atoms with E-state index in [2.05, 4.69) is 56.4 Å². The van der Waals surface area contributed by atoms with E-state index < -0.39 is 0 Å². The highest BCUT2D eigenvalue weighted by Gasteiger charge is 2.09. The molecule has 22 heavy (non-hydrogen) atoms. The summed E-state index contributed by atoms with van der Waals surface area (Å²) in [5.41, 5.74) is 3.26. The molecule has 3 nitrogen and oxygen atoms in total. The molecule has 0 unspecified atom stereocenters. The lowest BCUT2D eigenvalue weighted by Gasteiger charge is -2.12. The average molecular weight is 291 g/mol. The zero-order valence-electron chi connectivity index (χ0n) is 13.3. The summed E-state index contributed by atoms with van der Waals surface area (Å²) in [6, 6.07) is 16.5. The second kappa shape index (κ2) is 6.14. The van der Waals surface area contributed by atoms with Crippen LogP contribution < -0.4 is 5.32 Å². The molecule has 0 saturated carbocycles. The van der Waals surface area contributed by atoms with Gasteiger partial charge in [-0.25, -0.2) is 9.97 Å². The molecule has 0 spiro atoms. The van der Waals surface area contributed by atoms with E-state index in [1.807, 2.05) is 18.2 Å². The van der Waals surface area contributed by atoms with E-state index in [0.717, 1.165) is 34.7 Å². The summed E-state index contributed by atoms with van der Waals surface area (Å²) in [7, 11) is 0. The molecule has 0 aliphatic carbocycles. The normalized spacial score (nSPS) is 11.1. The van der Waals surface area contributed by atoms with Gasteiger partial charge < -0.3 is 5.32 Å². The summed E-state index contributed by atoms with van der Waals surface area (Å²) in [4.78, 5) is 9.46. The van der Waals surface area contributed by atoms with E-state index in [1.54, 1.807) is 0 Å². The van der Waals surface area contributed by atoms with Crippen molar-refractivity contribution in [2.24, 2.45) is 5.92 Å². The molecule has 0 aliphatic heterocycles. The topological polar surface area (TPSA) is 37.8 Å². The van der Waals surface area contributed by atoms with Crippen LogP contribution >= 0.6 is 0 Å². The maximum Gasteiger partial charge on any atom is 0.162 e. The molecule has 1 aromatic heterocycles. The molecule has 112 valence electrons. The van der Waals surface area contributed by atoms with Crippen LogP contribution in [0.15, 0.2) is 48.5 Å². The first-order valence-corrected chi connectivity index (χ1v) is 7.71. The molecule has 1 heterocycles. The van der Waals surface area contributed by atoms with Crippen molar-refractivity contribution in [1.82, 2.24) is 9.97 Å². The Morgan fingerprint density at radius 1 is 0.955 bits per heavy atom. The molecular formula is C19H21N3. The molecule has 3 heteroatoms. The van der Waals surface area contributed by atoms with Gasteiger partial charge in [0.15, 0.2) is 5.82 Å². The van der Waals surface area contributed by atoms with Gasteiger partial charge in [0.05, 0.1) is 5.52 Å². The number of aromatic nitrogens is 2. The minimum atomic E-state index is 0.566. The summed E-state index contributed by atoms with van der Waals surface area (Å²) < 4.78 is 0. The first-order valence-electron chi connectivity index (χ1n) is 7.71. The van der Waals surface area contributed by atoms with Crippen LogP contribution in [-0.2, 0) is 0 Å². The second-order valence-electron chi connectivity index (χ2n) is 6.05.